The normalized spacial score (nSPS) is 44.1. The third kappa shape index (κ3) is 3.17. The van der Waals surface area contributed by atoms with E-state index >= 15 is 0 Å². The van der Waals surface area contributed by atoms with E-state index in [-0.39, 0.29) is 6.10 Å². The van der Waals surface area contributed by atoms with Crippen molar-refractivity contribution in [3.8, 4) is 0 Å². The summed E-state index contributed by atoms with van der Waals surface area (Å²) in [5, 5.41) is 10.2. The molecule has 0 radical (unpaired) electrons. The Morgan fingerprint density at radius 2 is 1.93 bits per heavy atom. The molecule has 28 heavy (non-hydrogen) atoms. The molecule has 0 aromatic rings. The fraction of sp³-hybridized carbons (Fsp3) is 0.778. The molecular weight excluding hydrogens is 340 g/mol. The van der Waals surface area contributed by atoms with Gasteiger partial charge in [0.15, 0.2) is 0 Å². The lowest BCUT2D eigenvalue weighted by atomic mass is 9.50. The van der Waals surface area contributed by atoms with Gasteiger partial charge in [0.25, 0.3) is 0 Å². The van der Waals surface area contributed by atoms with Crippen LogP contribution in [0.15, 0.2) is 34.9 Å². The van der Waals surface area contributed by atoms with Crippen LogP contribution in [0.5, 0.6) is 0 Å². The van der Waals surface area contributed by atoms with Crippen LogP contribution in [-0.2, 0) is 0 Å². The highest BCUT2D eigenvalue weighted by molar-refractivity contribution is 5.38. The lowest BCUT2D eigenvalue weighted by Gasteiger charge is -2.55. The van der Waals surface area contributed by atoms with Crippen LogP contribution in [0.3, 0.4) is 0 Å². The highest BCUT2D eigenvalue weighted by atomic mass is 16.3. The molecule has 0 heterocycles. The molecule has 0 amide bonds. The maximum absolute atomic E-state index is 10.2. The van der Waals surface area contributed by atoms with Gasteiger partial charge in [0.05, 0.1) is 6.10 Å². The minimum absolute atomic E-state index is 0.111. The summed E-state index contributed by atoms with van der Waals surface area (Å²) < 4.78 is 0. The molecule has 4 aliphatic carbocycles. The fourth-order valence-electron chi connectivity index (χ4n) is 7.76. The highest BCUT2D eigenvalue weighted by Crippen LogP contribution is 2.66. The van der Waals surface area contributed by atoms with Crippen molar-refractivity contribution in [1.29, 1.82) is 0 Å². The van der Waals surface area contributed by atoms with E-state index in [2.05, 4.69) is 52.8 Å². The van der Waals surface area contributed by atoms with E-state index in [1.54, 1.807) is 11.1 Å². The summed E-state index contributed by atoms with van der Waals surface area (Å²) in [5.74, 6) is 3.24. The zero-order valence-electron chi connectivity index (χ0n) is 18.9. The zero-order chi connectivity index (χ0) is 20.1. The van der Waals surface area contributed by atoms with Crippen molar-refractivity contribution in [2.75, 3.05) is 0 Å². The number of fused-ring (bicyclic) bond motifs is 5. The summed E-state index contributed by atoms with van der Waals surface area (Å²) in [7, 11) is 0. The fourth-order valence-corrected chi connectivity index (χ4v) is 7.76. The Balaban J connectivity index is 1.56. The van der Waals surface area contributed by atoms with E-state index in [1.807, 2.05) is 0 Å². The molecule has 1 N–H and O–H groups in total. The van der Waals surface area contributed by atoms with Gasteiger partial charge in [-0.2, -0.15) is 0 Å². The van der Waals surface area contributed by atoms with Crippen molar-refractivity contribution in [2.24, 2.45) is 34.5 Å². The molecule has 3 saturated carbocycles. The zero-order valence-corrected chi connectivity index (χ0v) is 18.9. The molecule has 0 aromatic carbocycles. The number of allylic oxidation sites excluding steroid dienone is 5. The SMILES string of the molecule is C/C=C(\C)CCC(C)C1CCC2C3=CC=C4CC(O)CCC4(C)C3CCC21C. The topological polar surface area (TPSA) is 20.2 Å². The minimum Gasteiger partial charge on any atom is -0.393 e. The van der Waals surface area contributed by atoms with Gasteiger partial charge in [-0.1, -0.05) is 55.7 Å². The largest absolute Gasteiger partial charge is 0.393 e. The number of aliphatic hydroxyl groups is 1. The van der Waals surface area contributed by atoms with Crippen LogP contribution in [0.25, 0.3) is 0 Å². The smallest absolute Gasteiger partial charge is 0.0578 e. The van der Waals surface area contributed by atoms with Gasteiger partial charge >= 0.3 is 0 Å². The van der Waals surface area contributed by atoms with Crippen molar-refractivity contribution in [3.63, 3.8) is 0 Å². The third-order valence-corrected chi connectivity index (χ3v) is 9.79. The molecule has 0 bridgehead atoms. The van der Waals surface area contributed by atoms with Gasteiger partial charge in [-0.25, -0.2) is 0 Å². The standard InChI is InChI=1S/C27H42O/c1-6-18(2)7-8-19(3)23-11-12-24-22-10-9-20-17-21(28)13-15-26(20,4)25(22)14-16-27(23,24)5/h6,9-10,19,21,23-25,28H,7-8,11-17H2,1-5H3/b18-6+. The molecule has 7 atom stereocenters. The predicted octanol–water partition coefficient (Wildman–Crippen LogP) is 7.23. The van der Waals surface area contributed by atoms with Crippen LogP contribution in [0.1, 0.15) is 92.4 Å². The third-order valence-electron chi connectivity index (χ3n) is 9.79. The van der Waals surface area contributed by atoms with Crippen molar-refractivity contribution >= 4 is 0 Å². The molecule has 1 nitrogen and oxygen atoms in total. The van der Waals surface area contributed by atoms with Gasteiger partial charge in [-0.05, 0) is 106 Å². The van der Waals surface area contributed by atoms with E-state index in [1.165, 1.54) is 50.5 Å². The van der Waals surface area contributed by atoms with Gasteiger partial charge in [-0.3, -0.25) is 0 Å². The summed E-state index contributed by atoms with van der Waals surface area (Å²) in [6, 6.07) is 0. The second-order valence-corrected chi connectivity index (χ2v) is 11.2. The monoisotopic (exact) mass is 382 g/mol. The van der Waals surface area contributed by atoms with Crippen molar-refractivity contribution in [1.82, 2.24) is 0 Å². The Labute approximate surface area is 173 Å². The van der Waals surface area contributed by atoms with Gasteiger partial charge < -0.3 is 5.11 Å². The molecular formula is C27H42O. The van der Waals surface area contributed by atoms with Gasteiger partial charge in [-0.15, -0.1) is 0 Å². The summed E-state index contributed by atoms with van der Waals surface area (Å²) >= 11 is 0. The molecule has 7 unspecified atom stereocenters. The predicted molar refractivity (Wildman–Crippen MR) is 119 cm³/mol. The average molecular weight is 383 g/mol. The van der Waals surface area contributed by atoms with E-state index < -0.39 is 0 Å². The number of hydrogen-bond acceptors (Lipinski definition) is 1. The van der Waals surface area contributed by atoms with Gasteiger partial charge in [0.1, 0.15) is 0 Å². The molecule has 0 aliphatic heterocycles. The Morgan fingerprint density at radius 1 is 1.14 bits per heavy atom. The van der Waals surface area contributed by atoms with Crippen LogP contribution >= 0.6 is 0 Å². The van der Waals surface area contributed by atoms with E-state index in [0.717, 1.165) is 36.5 Å². The first kappa shape index (κ1) is 20.5. The molecule has 0 spiro atoms. The van der Waals surface area contributed by atoms with Gasteiger partial charge in [0, 0.05) is 0 Å². The molecule has 0 saturated heterocycles. The molecule has 3 fully saturated rings. The maximum Gasteiger partial charge on any atom is 0.0578 e. The summed E-state index contributed by atoms with van der Waals surface area (Å²) in [4.78, 5) is 0. The lowest BCUT2D eigenvalue weighted by Crippen LogP contribution is -2.46. The first-order valence-electron chi connectivity index (χ1n) is 12.0. The Kier molecular flexibility index (Phi) is 5.45. The summed E-state index contributed by atoms with van der Waals surface area (Å²) in [6.07, 6.45) is 18.4. The van der Waals surface area contributed by atoms with E-state index in [9.17, 15) is 5.11 Å². The Morgan fingerprint density at radius 3 is 2.68 bits per heavy atom. The Bertz CT molecular complexity index is 697. The molecule has 0 aromatic heterocycles. The maximum atomic E-state index is 10.2. The van der Waals surface area contributed by atoms with Crippen molar-refractivity contribution in [3.05, 3.63) is 34.9 Å². The van der Waals surface area contributed by atoms with Crippen LogP contribution < -0.4 is 0 Å². The van der Waals surface area contributed by atoms with Crippen molar-refractivity contribution in [2.45, 2.75) is 98.5 Å². The molecule has 4 rings (SSSR count). The number of hydrogen-bond donors (Lipinski definition) is 1. The van der Waals surface area contributed by atoms with Crippen LogP contribution in [-0.4, -0.2) is 11.2 Å². The number of rotatable bonds is 4. The molecule has 1 heteroatoms. The first-order valence-corrected chi connectivity index (χ1v) is 12.0. The minimum atomic E-state index is -0.111. The highest BCUT2D eigenvalue weighted by Gasteiger charge is 2.56. The second kappa shape index (κ2) is 7.46. The van der Waals surface area contributed by atoms with Crippen molar-refractivity contribution < 1.29 is 5.11 Å². The number of aliphatic hydroxyl groups excluding tert-OH is 1. The lowest BCUT2D eigenvalue weighted by molar-refractivity contribution is 0.0327. The van der Waals surface area contributed by atoms with Crippen LogP contribution in [0.2, 0.25) is 0 Å². The van der Waals surface area contributed by atoms with Gasteiger partial charge in [0.2, 0.25) is 0 Å². The Hall–Kier alpha value is -0.820. The second-order valence-electron chi connectivity index (χ2n) is 11.2. The summed E-state index contributed by atoms with van der Waals surface area (Å²) in [6.45, 7) is 12.1. The van der Waals surface area contributed by atoms with E-state index in [0.29, 0.717) is 10.8 Å². The summed E-state index contributed by atoms with van der Waals surface area (Å²) in [5.41, 5.74) is 5.69. The van der Waals surface area contributed by atoms with Crippen LogP contribution in [0.4, 0.5) is 0 Å². The molecule has 156 valence electrons. The average Bonchev–Trinajstić information content (AvgIpc) is 3.03. The quantitative estimate of drug-likeness (QED) is 0.508. The van der Waals surface area contributed by atoms with E-state index in [4.69, 9.17) is 0 Å². The van der Waals surface area contributed by atoms with Crippen LogP contribution in [0, 0.1) is 34.5 Å². The first-order chi connectivity index (χ1) is 13.3. The molecule has 4 aliphatic rings.